The quantitative estimate of drug-likeness (QED) is 0.650. The molecule has 27 heavy (non-hydrogen) atoms. The second kappa shape index (κ2) is 9.26. The van der Waals surface area contributed by atoms with E-state index in [-0.39, 0.29) is 0 Å². The smallest absolute Gasteiger partial charge is 0.194 e. The van der Waals surface area contributed by atoms with Crippen LogP contribution in [-0.2, 0) is 6.54 Å². The molecule has 6 nitrogen and oxygen atoms in total. The van der Waals surface area contributed by atoms with Gasteiger partial charge in [-0.2, -0.15) is 0 Å². The molecule has 3 rings (SSSR count). The molecule has 0 radical (unpaired) electrons. The van der Waals surface area contributed by atoms with Crippen LogP contribution in [0, 0.1) is 6.92 Å². The van der Waals surface area contributed by atoms with Gasteiger partial charge < -0.3 is 19.9 Å². The van der Waals surface area contributed by atoms with Crippen molar-refractivity contribution >= 4 is 11.6 Å². The molecule has 1 aliphatic rings. The molecule has 1 aliphatic heterocycles. The van der Waals surface area contributed by atoms with Crippen LogP contribution in [0.15, 0.2) is 47.6 Å². The minimum atomic E-state index is 0.605. The number of guanidine groups is 1. The monoisotopic (exact) mass is 367 g/mol. The SMILES string of the molecule is CCNC(=NCc1ncccc1C)N1CCN(c2ccc(OC)cc2)CC1. The van der Waals surface area contributed by atoms with Crippen LogP contribution in [0.5, 0.6) is 5.75 Å². The van der Waals surface area contributed by atoms with E-state index in [1.54, 1.807) is 7.11 Å². The van der Waals surface area contributed by atoms with Crippen LogP contribution in [0.1, 0.15) is 18.2 Å². The first-order chi connectivity index (χ1) is 13.2. The van der Waals surface area contributed by atoms with E-state index in [0.29, 0.717) is 6.54 Å². The van der Waals surface area contributed by atoms with E-state index in [2.05, 4.69) is 52.1 Å². The maximum atomic E-state index is 5.25. The first-order valence-corrected chi connectivity index (χ1v) is 9.54. The van der Waals surface area contributed by atoms with E-state index in [1.165, 1.54) is 11.3 Å². The van der Waals surface area contributed by atoms with Crippen molar-refractivity contribution < 1.29 is 4.74 Å². The average Bonchev–Trinajstić information content (AvgIpc) is 2.72. The molecule has 2 heterocycles. The van der Waals surface area contributed by atoms with Crippen molar-refractivity contribution in [2.45, 2.75) is 20.4 Å². The van der Waals surface area contributed by atoms with Gasteiger partial charge in [-0.25, -0.2) is 4.99 Å². The number of anilines is 1. The summed E-state index contributed by atoms with van der Waals surface area (Å²) < 4.78 is 5.25. The Morgan fingerprint density at radius 1 is 1.15 bits per heavy atom. The fraction of sp³-hybridized carbons (Fsp3) is 0.429. The summed E-state index contributed by atoms with van der Waals surface area (Å²) in [5.41, 5.74) is 3.45. The molecular weight excluding hydrogens is 338 g/mol. The Balaban J connectivity index is 1.62. The van der Waals surface area contributed by atoms with Crippen molar-refractivity contribution in [3.05, 3.63) is 53.9 Å². The molecule has 1 N–H and O–H groups in total. The Bertz CT molecular complexity index is 751. The lowest BCUT2D eigenvalue weighted by Gasteiger charge is -2.37. The highest BCUT2D eigenvalue weighted by atomic mass is 16.5. The van der Waals surface area contributed by atoms with Gasteiger partial charge in [-0.15, -0.1) is 0 Å². The Labute approximate surface area is 161 Å². The van der Waals surface area contributed by atoms with Crippen LogP contribution in [0.3, 0.4) is 0 Å². The number of ether oxygens (including phenoxy) is 1. The number of methoxy groups -OCH3 is 1. The summed E-state index contributed by atoms with van der Waals surface area (Å²) in [6.07, 6.45) is 1.83. The third-order valence-corrected chi connectivity index (χ3v) is 4.85. The minimum Gasteiger partial charge on any atom is -0.497 e. The molecule has 0 bridgehead atoms. The van der Waals surface area contributed by atoms with Crippen LogP contribution in [0.25, 0.3) is 0 Å². The van der Waals surface area contributed by atoms with E-state index >= 15 is 0 Å². The van der Waals surface area contributed by atoms with E-state index in [4.69, 9.17) is 9.73 Å². The molecule has 0 saturated carbocycles. The molecule has 0 atom stereocenters. The minimum absolute atomic E-state index is 0.605. The zero-order valence-electron chi connectivity index (χ0n) is 16.5. The molecule has 1 saturated heterocycles. The predicted molar refractivity (Wildman–Crippen MR) is 111 cm³/mol. The van der Waals surface area contributed by atoms with Gasteiger partial charge >= 0.3 is 0 Å². The van der Waals surface area contributed by atoms with Gasteiger partial charge in [-0.3, -0.25) is 4.98 Å². The Morgan fingerprint density at radius 3 is 2.52 bits per heavy atom. The number of aryl methyl sites for hydroxylation is 1. The molecule has 2 aromatic rings. The zero-order chi connectivity index (χ0) is 19.1. The van der Waals surface area contributed by atoms with Gasteiger partial charge in [0.05, 0.1) is 19.3 Å². The molecular formula is C21H29N5O. The van der Waals surface area contributed by atoms with Crippen molar-refractivity contribution in [2.24, 2.45) is 4.99 Å². The van der Waals surface area contributed by atoms with E-state index in [1.807, 2.05) is 24.4 Å². The Hall–Kier alpha value is -2.76. The summed E-state index contributed by atoms with van der Waals surface area (Å²) in [7, 11) is 1.70. The Kier molecular flexibility index (Phi) is 6.52. The molecule has 0 spiro atoms. The summed E-state index contributed by atoms with van der Waals surface area (Å²) in [4.78, 5) is 14.0. The van der Waals surface area contributed by atoms with Crippen molar-refractivity contribution in [3.63, 3.8) is 0 Å². The normalized spacial score (nSPS) is 15.0. The number of rotatable bonds is 5. The molecule has 1 aromatic heterocycles. The first-order valence-electron chi connectivity index (χ1n) is 9.54. The number of hydrogen-bond acceptors (Lipinski definition) is 4. The number of aliphatic imine (C=N–C) groups is 1. The third kappa shape index (κ3) is 4.90. The molecule has 1 aromatic carbocycles. The second-order valence-corrected chi connectivity index (χ2v) is 6.61. The van der Waals surface area contributed by atoms with Gasteiger partial charge in [0, 0.05) is 44.6 Å². The summed E-state index contributed by atoms with van der Waals surface area (Å²) in [5, 5.41) is 3.42. The average molecular weight is 367 g/mol. The van der Waals surface area contributed by atoms with Gasteiger partial charge in [-0.1, -0.05) is 6.07 Å². The highest BCUT2D eigenvalue weighted by Gasteiger charge is 2.20. The summed E-state index contributed by atoms with van der Waals surface area (Å²) in [5.74, 6) is 1.86. The van der Waals surface area contributed by atoms with Crippen LogP contribution < -0.4 is 15.0 Å². The number of hydrogen-bond donors (Lipinski definition) is 1. The molecule has 0 aliphatic carbocycles. The summed E-state index contributed by atoms with van der Waals surface area (Å²) in [6.45, 7) is 9.48. The number of nitrogens with zero attached hydrogens (tertiary/aromatic N) is 4. The largest absolute Gasteiger partial charge is 0.497 e. The zero-order valence-corrected chi connectivity index (χ0v) is 16.5. The summed E-state index contributed by atoms with van der Waals surface area (Å²) in [6, 6.07) is 12.3. The fourth-order valence-corrected chi connectivity index (χ4v) is 3.23. The number of nitrogens with one attached hydrogen (secondary N) is 1. The van der Waals surface area contributed by atoms with Gasteiger partial charge in [0.2, 0.25) is 0 Å². The van der Waals surface area contributed by atoms with Gasteiger partial charge in [-0.05, 0) is 49.7 Å². The molecule has 0 unspecified atom stereocenters. The van der Waals surface area contributed by atoms with Gasteiger partial charge in [0.1, 0.15) is 5.75 Å². The molecule has 0 amide bonds. The first kappa shape index (κ1) is 19.0. The number of pyridine rings is 1. The predicted octanol–water partition coefficient (Wildman–Crippen LogP) is 2.69. The molecule has 1 fully saturated rings. The van der Waals surface area contributed by atoms with E-state index in [9.17, 15) is 0 Å². The third-order valence-electron chi connectivity index (χ3n) is 4.85. The van der Waals surface area contributed by atoms with E-state index in [0.717, 1.165) is 50.1 Å². The summed E-state index contributed by atoms with van der Waals surface area (Å²) >= 11 is 0. The van der Waals surface area contributed by atoms with Gasteiger partial charge in [0.15, 0.2) is 5.96 Å². The van der Waals surface area contributed by atoms with Crippen LogP contribution >= 0.6 is 0 Å². The lowest BCUT2D eigenvalue weighted by atomic mass is 10.2. The van der Waals surface area contributed by atoms with Crippen molar-refractivity contribution in [1.29, 1.82) is 0 Å². The Morgan fingerprint density at radius 2 is 1.89 bits per heavy atom. The lowest BCUT2D eigenvalue weighted by molar-refractivity contribution is 0.372. The van der Waals surface area contributed by atoms with Crippen molar-refractivity contribution in [2.75, 3.05) is 44.7 Å². The molecule has 144 valence electrons. The van der Waals surface area contributed by atoms with Gasteiger partial charge in [0.25, 0.3) is 0 Å². The van der Waals surface area contributed by atoms with Crippen LogP contribution in [-0.4, -0.2) is 55.7 Å². The number of piperazine rings is 1. The standard InChI is InChI=1S/C21H29N5O/c1-4-22-21(24-16-20-17(2)6-5-11-23-20)26-14-12-25(13-15-26)18-7-9-19(27-3)10-8-18/h5-11H,4,12-16H2,1-3H3,(H,22,24). The topological polar surface area (TPSA) is 53.0 Å². The van der Waals surface area contributed by atoms with Crippen LogP contribution in [0.4, 0.5) is 5.69 Å². The fourth-order valence-electron chi connectivity index (χ4n) is 3.23. The number of aromatic nitrogens is 1. The maximum absolute atomic E-state index is 5.25. The van der Waals surface area contributed by atoms with Crippen molar-refractivity contribution in [1.82, 2.24) is 15.2 Å². The second-order valence-electron chi connectivity index (χ2n) is 6.61. The maximum Gasteiger partial charge on any atom is 0.194 e. The van der Waals surface area contributed by atoms with Crippen molar-refractivity contribution in [3.8, 4) is 5.75 Å². The highest BCUT2D eigenvalue weighted by Crippen LogP contribution is 2.20. The molecule has 6 heteroatoms. The highest BCUT2D eigenvalue weighted by molar-refractivity contribution is 5.80. The number of benzene rings is 1. The van der Waals surface area contributed by atoms with Crippen LogP contribution in [0.2, 0.25) is 0 Å². The lowest BCUT2D eigenvalue weighted by Crippen LogP contribution is -2.52. The van der Waals surface area contributed by atoms with E-state index < -0.39 is 0 Å².